The summed E-state index contributed by atoms with van der Waals surface area (Å²) in [5.41, 5.74) is 0.424. The number of esters is 1. The molecule has 0 amide bonds. The molecule has 0 radical (unpaired) electrons. The number of aromatic nitrogens is 2. The fraction of sp³-hybridized carbons (Fsp3) is 0.250. The van der Waals surface area contributed by atoms with E-state index in [4.69, 9.17) is 4.74 Å². The quantitative estimate of drug-likeness (QED) is 0.857. The van der Waals surface area contributed by atoms with Gasteiger partial charge in [-0.3, -0.25) is 0 Å². The standard InChI is InChI=1S/C12H13N3O2S/c1-8-6-14-10(18-8)7-15-11-9(12(16)17-2)4-3-5-13-11/h3-6H,7H2,1-2H3,(H,13,15). The zero-order chi connectivity index (χ0) is 13.0. The van der Waals surface area contributed by atoms with Gasteiger partial charge in [0.2, 0.25) is 0 Å². The van der Waals surface area contributed by atoms with Crippen LogP contribution in [0.1, 0.15) is 20.2 Å². The lowest BCUT2D eigenvalue weighted by Crippen LogP contribution is -2.09. The first kappa shape index (κ1) is 12.5. The smallest absolute Gasteiger partial charge is 0.341 e. The summed E-state index contributed by atoms with van der Waals surface area (Å²) in [5.74, 6) is 0.109. The second-order valence-corrected chi connectivity index (χ2v) is 4.93. The highest BCUT2D eigenvalue weighted by Crippen LogP contribution is 2.16. The molecule has 18 heavy (non-hydrogen) atoms. The fourth-order valence-corrected chi connectivity index (χ4v) is 2.19. The maximum atomic E-state index is 11.5. The van der Waals surface area contributed by atoms with Crippen LogP contribution in [0.15, 0.2) is 24.5 Å². The summed E-state index contributed by atoms with van der Waals surface area (Å²) in [7, 11) is 1.35. The summed E-state index contributed by atoms with van der Waals surface area (Å²) in [6.07, 6.45) is 3.45. The van der Waals surface area contributed by atoms with Crippen molar-refractivity contribution in [1.29, 1.82) is 0 Å². The molecule has 6 heteroatoms. The van der Waals surface area contributed by atoms with Crippen molar-refractivity contribution in [3.63, 3.8) is 0 Å². The number of nitrogens with zero attached hydrogens (tertiary/aromatic N) is 2. The number of thiazole rings is 1. The van der Waals surface area contributed by atoms with Crippen LogP contribution in [0.5, 0.6) is 0 Å². The minimum Gasteiger partial charge on any atom is -0.465 e. The number of rotatable bonds is 4. The van der Waals surface area contributed by atoms with Crippen LogP contribution in [-0.2, 0) is 11.3 Å². The first-order valence-corrected chi connectivity index (χ1v) is 6.21. The van der Waals surface area contributed by atoms with Gasteiger partial charge in [-0.2, -0.15) is 0 Å². The molecule has 2 aromatic heterocycles. The summed E-state index contributed by atoms with van der Waals surface area (Å²) in [6, 6.07) is 3.37. The van der Waals surface area contributed by atoms with E-state index < -0.39 is 5.97 Å². The number of nitrogens with one attached hydrogen (secondary N) is 1. The summed E-state index contributed by atoms with van der Waals surface area (Å²) < 4.78 is 4.70. The lowest BCUT2D eigenvalue weighted by Gasteiger charge is -2.07. The van der Waals surface area contributed by atoms with E-state index in [9.17, 15) is 4.79 Å². The second kappa shape index (κ2) is 5.59. The van der Waals surface area contributed by atoms with Crippen LogP contribution in [-0.4, -0.2) is 23.0 Å². The molecule has 0 fully saturated rings. The lowest BCUT2D eigenvalue weighted by atomic mass is 10.2. The molecular formula is C12H13N3O2S. The molecule has 0 saturated heterocycles. The maximum Gasteiger partial charge on any atom is 0.341 e. The average molecular weight is 263 g/mol. The van der Waals surface area contributed by atoms with Crippen LogP contribution < -0.4 is 5.32 Å². The molecule has 0 unspecified atom stereocenters. The molecule has 5 nitrogen and oxygen atoms in total. The Morgan fingerprint density at radius 3 is 3.00 bits per heavy atom. The van der Waals surface area contributed by atoms with Gasteiger partial charge in [-0.05, 0) is 19.1 Å². The Hall–Kier alpha value is -1.95. The van der Waals surface area contributed by atoms with Crippen molar-refractivity contribution in [2.24, 2.45) is 0 Å². The predicted octanol–water partition coefficient (Wildman–Crippen LogP) is 2.25. The van der Waals surface area contributed by atoms with E-state index in [1.165, 1.54) is 7.11 Å². The molecule has 0 saturated carbocycles. The monoisotopic (exact) mass is 263 g/mol. The van der Waals surface area contributed by atoms with Crippen LogP contribution in [0.4, 0.5) is 5.82 Å². The molecule has 1 N–H and O–H groups in total. The van der Waals surface area contributed by atoms with E-state index in [0.29, 0.717) is 17.9 Å². The van der Waals surface area contributed by atoms with Gasteiger partial charge in [0.1, 0.15) is 16.4 Å². The highest BCUT2D eigenvalue weighted by Gasteiger charge is 2.12. The number of pyridine rings is 1. The summed E-state index contributed by atoms with van der Waals surface area (Å²) in [5, 5.41) is 4.05. The first-order chi connectivity index (χ1) is 8.70. The van der Waals surface area contributed by atoms with Gasteiger partial charge in [-0.15, -0.1) is 11.3 Å². The number of anilines is 1. The van der Waals surface area contributed by atoms with Gasteiger partial charge >= 0.3 is 5.97 Å². The van der Waals surface area contributed by atoms with Gasteiger partial charge < -0.3 is 10.1 Å². The van der Waals surface area contributed by atoms with Gasteiger partial charge in [0.05, 0.1) is 13.7 Å². The molecule has 0 spiro atoms. The molecule has 94 valence electrons. The Balaban J connectivity index is 2.11. The normalized spacial score (nSPS) is 10.1. The molecule has 0 aliphatic carbocycles. The van der Waals surface area contributed by atoms with Crippen LogP contribution in [0.3, 0.4) is 0 Å². The van der Waals surface area contributed by atoms with Gasteiger partial charge in [0, 0.05) is 17.3 Å². The topological polar surface area (TPSA) is 64.1 Å². The number of methoxy groups -OCH3 is 1. The number of hydrogen-bond acceptors (Lipinski definition) is 6. The van der Waals surface area contributed by atoms with E-state index in [2.05, 4.69) is 15.3 Å². The van der Waals surface area contributed by atoms with E-state index >= 15 is 0 Å². The maximum absolute atomic E-state index is 11.5. The van der Waals surface area contributed by atoms with Crippen molar-refractivity contribution in [3.8, 4) is 0 Å². The van der Waals surface area contributed by atoms with Gasteiger partial charge in [-0.1, -0.05) is 0 Å². The Morgan fingerprint density at radius 2 is 2.33 bits per heavy atom. The Kier molecular flexibility index (Phi) is 3.88. The van der Waals surface area contributed by atoms with Crippen molar-refractivity contribution >= 4 is 23.1 Å². The van der Waals surface area contributed by atoms with Crippen LogP contribution >= 0.6 is 11.3 Å². The van der Waals surface area contributed by atoms with Crippen LogP contribution in [0.25, 0.3) is 0 Å². The van der Waals surface area contributed by atoms with Crippen molar-refractivity contribution in [2.45, 2.75) is 13.5 Å². The van der Waals surface area contributed by atoms with Gasteiger partial charge in [0.15, 0.2) is 0 Å². The summed E-state index contributed by atoms with van der Waals surface area (Å²) in [6.45, 7) is 2.54. The third kappa shape index (κ3) is 2.84. The van der Waals surface area contributed by atoms with Crippen molar-refractivity contribution in [2.75, 3.05) is 12.4 Å². The van der Waals surface area contributed by atoms with E-state index in [-0.39, 0.29) is 0 Å². The molecular weight excluding hydrogens is 250 g/mol. The highest BCUT2D eigenvalue weighted by molar-refractivity contribution is 7.11. The molecule has 0 atom stereocenters. The van der Waals surface area contributed by atoms with Crippen LogP contribution in [0, 0.1) is 6.92 Å². The molecule has 0 aliphatic heterocycles. The SMILES string of the molecule is COC(=O)c1cccnc1NCc1ncc(C)s1. The lowest BCUT2D eigenvalue weighted by molar-refractivity contribution is 0.0601. The highest BCUT2D eigenvalue weighted by atomic mass is 32.1. The molecule has 2 rings (SSSR count). The molecule has 2 aromatic rings. The second-order valence-electron chi connectivity index (χ2n) is 3.61. The molecule has 0 bridgehead atoms. The third-order valence-electron chi connectivity index (χ3n) is 2.29. The summed E-state index contributed by atoms with van der Waals surface area (Å²) in [4.78, 5) is 21.1. The van der Waals surface area contributed by atoms with E-state index in [1.807, 2.05) is 13.1 Å². The fourth-order valence-electron chi connectivity index (χ4n) is 1.46. The van der Waals surface area contributed by atoms with Crippen molar-refractivity contribution < 1.29 is 9.53 Å². The van der Waals surface area contributed by atoms with E-state index in [1.54, 1.807) is 29.7 Å². The van der Waals surface area contributed by atoms with E-state index in [0.717, 1.165) is 9.88 Å². The average Bonchev–Trinajstić information content (AvgIpc) is 2.81. The summed E-state index contributed by atoms with van der Waals surface area (Å²) >= 11 is 1.61. The Labute approximate surface area is 109 Å². The number of aryl methyl sites for hydroxylation is 1. The number of hydrogen-bond donors (Lipinski definition) is 1. The number of carbonyl (C=O) groups excluding carboxylic acids is 1. The zero-order valence-corrected chi connectivity index (χ0v) is 11.0. The van der Waals surface area contributed by atoms with Crippen molar-refractivity contribution in [3.05, 3.63) is 40.0 Å². The molecule has 2 heterocycles. The minimum absolute atomic E-state index is 0.402. The van der Waals surface area contributed by atoms with Crippen molar-refractivity contribution in [1.82, 2.24) is 9.97 Å². The van der Waals surface area contributed by atoms with Gasteiger partial charge in [0.25, 0.3) is 0 Å². The first-order valence-electron chi connectivity index (χ1n) is 5.39. The van der Waals surface area contributed by atoms with Gasteiger partial charge in [-0.25, -0.2) is 14.8 Å². The number of ether oxygens (including phenoxy) is 1. The number of carbonyl (C=O) groups is 1. The largest absolute Gasteiger partial charge is 0.465 e. The zero-order valence-electron chi connectivity index (χ0n) is 10.1. The molecule has 0 aliphatic rings. The van der Waals surface area contributed by atoms with Crippen LogP contribution in [0.2, 0.25) is 0 Å². The predicted molar refractivity (Wildman–Crippen MR) is 69.8 cm³/mol. The minimum atomic E-state index is -0.402. The Bertz CT molecular complexity index is 554. The molecule has 0 aromatic carbocycles. The third-order valence-corrected chi connectivity index (χ3v) is 3.20. The Morgan fingerprint density at radius 1 is 1.50 bits per heavy atom.